The number of hydrogen-bond donors (Lipinski definition) is 2. The molecule has 2 N–H and O–H groups in total. The maximum atomic E-state index is 11.6. The summed E-state index contributed by atoms with van der Waals surface area (Å²) in [4.78, 5) is 10.7. The summed E-state index contributed by atoms with van der Waals surface area (Å²) >= 11 is 0. The minimum absolute atomic E-state index is 0.192. The predicted molar refractivity (Wildman–Crippen MR) is 52.0 cm³/mol. The molecule has 0 spiro atoms. The first kappa shape index (κ1) is 9.33. The molecule has 0 fully saturated rings. The van der Waals surface area contributed by atoms with Crippen molar-refractivity contribution in [1.82, 2.24) is 0 Å². The zero-order chi connectivity index (χ0) is 11.0. The van der Waals surface area contributed by atoms with Crippen LogP contribution in [0.25, 0.3) is 10.8 Å². The summed E-state index contributed by atoms with van der Waals surface area (Å²) in [5.41, 5.74) is -0.411. The molecule has 2 aromatic rings. The Balaban J connectivity index is 2.90. The van der Waals surface area contributed by atoms with E-state index in [1.165, 1.54) is 6.07 Å². The Morgan fingerprint density at radius 3 is 2.40 bits per heavy atom. The van der Waals surface area contributed by atoms with Crippen LogP contribution in [0, 0.1) is 0 Å². The second-order valence-corrected chi connectivity index (χ2v) is 3.12. The Bertz CT molecular complexity index is 546. The lowest BCUT2D eigenvalue weighted by Gasteiger charge is -2.14. The molecule has 0 amide bonds. The highest BCUT2D eigenvalue weighted by molar-refractivity contribution is 6.02. The molecule has 76 valence electrons. The minimum atomic E-state index is -1.33. The van der Waals surface area contributed by atoms with Crippen LogP contribution in [0.5, 0.6) is 11.5 Å². The zero-order valence-corrected chi connectivity index (χ0v) is 7.60. The number of benzene rings is 2. The molecule has 0 aliphatic rings. The third kappa shape index (κ3) is 1.36. The van der Waals surface area contributed by atoms with Crippen LogP contribution in [0.2, 0.25) is 0 Å². The van der Waals surface area contributed by atoms with Gasteiger partial charge in [-0.05, 0) is 11.5 Å². The number of hydrogen-bond acceptors (Lipinski definition) is 3. The van der Waals surface area contributed by atoms with Crippen molar-refractivity contribution >= 4 is 16.7 Å². The van der Waals surface area contributed by atoms with E-state index in [1.807, 2.05) is 0 Å². The van der Waals surface area contributed by atoms with Crippen molar-refractivity contribution < 1.29 is 20.1 Å². The summed E-state index contributed by atoms with van der Waals surface area (Å²) in [6.45, 7) is 0. The first-order valence-electron chi connectivity index (χ1n) is 4.26. The molecular formula is C11H7O4-. The average molecular weight is 203 g/mol. The van der Waals surface area contributed by atoms with E-state index >= 15 is 0 Å². The van der Waals surface area contributed by atoms with E-state index in [0.29, 0.717) is 5.39 Å². The monoisotopic (exact) mass is 203 g/mol. The van der Waals surface area contributed by atoms with Crippen LogP contribution in [0.1, 0.15) is 10.4 Å². The van der Waals surface area contributed by atoms with Gasteiger partial charge in [0.15, 0.2) is 0 Å². The normalized spacial score (nSPS) is 10.4. The molecule has 0 aromatic heterocycles. The van der Waals surface area contributed by atoms with Gasteiger partial charge in [0.2, 0.25) is 0 Å². The van der Waals surface area contributed by atoms with Crippen LogP contribution < -0.4 is 5.11 Å². The standard InChI is InChI=1S/C11H8O4/c12-9-5-8(11(14)15)10(13)7-4-2-1-3-6(7)9/h1-5,12-13H,(H,14,15)/p-1. The van der Waals surface area contributed by atoms with Crippen molar-refractivity contribution in [2.45, 2.75) is 0 Å². The van der Waals surface area contributed by atoms with Crippen molar-refractivity contribution in [3.63, 3.8) is 0 Å². The number of fused-ring (bicyclic) bond motifs is 1. The highest BCUT2D eigenvalue weighted by Crippen LogP contribution is 2.33. The van der Waals surface area contributed by atoms with E-state index in [-0.39, 0.29) is 11.1 Å². The molecule has 0 aliphatic heterocycles. The maximum absolute atomic E-state index is 11.6. The van der Waals surface area contributed by atoms with Gasteiger partial charge in [-0.1, -0.05) is 30.0 Å². The smallest absolute Gasteiger partial charge is 0.335 e. The molecule has 0 unspecified atom stereocenters. The van der Waals surface area contributed by atoms with Crippen LogP contribution in [0.15, 0.2) is 30.3 Å². The van der Waals surface area contributed by atoms with Gasteiger partial charge >= 0.3 is 5.97 Å². The molecule has 4 heteroatoms. The summed E-state index contributed by atoms with van der Waals surface area (Å²) < 4.78 is 0. The van der Waals surface area contributed by atoms with Crippen molar-refractivity contribution in [3.8, 4) is 11.5 Å². The molecule has 0 bridgehead atoms. The third-order valence-corrected chi connectivity index (χ3v) is 2.20. The first-order valence-corrected chi connectivity index (χ1v) is 4.26. The lowest BCUT2D eigenvalue weighted by molar-refractivity contribution is -0.266. The maximum Gasteiger partial charge on any atom is 0.335 e. The zero-order valence-electron chi connectivity index (χ0n) is 7.60. The molecule has 0 atom stereocenters. The molecule has 2 rings (SSSR count). The van der Waals surface area contributed by atoms with Crippen molar-refractivity contribution in [2.75, 3.05) is 0 Å². The van der Waals surface area contributed by atoms with Crippen molar-refractivity contribution in [1.29, 1.82) is 0 Å². The van der Waals surface area contributed by atoms with Crippen LogP contribution in [0.4, 0.5) is 0 Å². The molecule has 0 aliphatic carbocycles. The lowest BCUT2D eigenvalue weighted by Crippen LogP contribution is -2.04. The fourth-order valence-electron chi connectivity index (χ4n) is 1.49. The topological polar surface area (TPSA) is 80.6 Å². The Labute approximate surface area is 85.0 Å². The summed E-state index contributed by atoms with van der Waals surface area (Å²) in [6.07, 6.45) is 0. The number of phenols is 1. The van der Waals surface area contributed by atoms with Gasteiger partial charge in [-0.2, -0.15) is 0 Å². The molecule has 0 heterocycles. The van der Waals surface area contributed by atoms with E-state index in [4.69, 9.17) is 5.11 Å². The Hall–Kier alpha value is -2.23. The summed E-state index contributed by atoms with van der Waals surface area (Å²) in [7, 11) is 0. The third-order valence-electron chi connectivity index (χ3n) is 2.20. The molecule has 0 radical (unpaired) electrons. The number of carbonyl (C=O) groups is 1. The van der Waals surface area contributed by atoms with Crippen molar-refractivity contribution in [3.05, 3.63) is 35.9 Å². The van der Waals surface area contributed by atoms with Gasteiger partial charge in [0.25, 0.3) is 0 Å². The fraction of sp³-hybridized carbons (Fsp3) is 0. The second kappa shape index (κ2) is 3.16. The van der Waals surface area contributed by atoms with Gasteiger partial charge < -0.3 is 15.3 Å². The van der Waals surface area contributed by atoms with E-state index in [2.05, 4.69) is 0 Å². The van der Waals surface area contributed by atoms with Gasteiger partial charge in [0.1, 0.15) is 5.75 Å². The van der Waals surface area contributed by atoms with E-state index < -0.39 is 17.3 Å². The van der Waals surface area contributed by atoms with E-state index in [9.17, 15) is 15.0 Å². The second-order valence-electron chi connectivity index (χ2n) is 3.12. The highest BCUT2D eigenvalue weighted by atomic mass is 16.4. The van der Waals surface area contributed by atoms with Crippen LogP contribution in [0.3, 0.4) is 0 Å². The van der Waals surface area contributed by atoms with Gasteiger partial charge in [-0.15, -0.1) is 0 Å². The number of aromatic hydroxyl groups is 1. The summed E-state index contributed by atoms with van der Waals surface area (Å²) in [5, 5.41) is 30.5. The van der Waals surface area contributed by atoms with Gasteiger partial charge in [-0.3, -0.25) is 0 Å². The van der Waals surface area contributed by atoms with Crippen LogP contribution in [-0.2, 0) is 0 Å². The Morgan fingerprint density at radius 1 is 1.20 bits per heavy atom. The van der Waals surface area contributed by atoms with Crippen LogP contribution >= 0.6 is 0 Å². The van der Waals surface area contributed by atoms with Crippen LogP contribution in [-0.4, -0.2) is 16.2 Å². The van der Waals surface area contributed by atoms with Gasteiger partial charge in [0.05, 0.1) is 5.56 Å². The van der Waals surface area contributed by atoms with E-state index in [0.717, 1.165) is 6.07 Å². The SMILES string of the molecule is O=C(O)c1cc(O)c2ccccc2c1[O-]. The van der Waals surface area contributed by atoms with E-state index in [1.54, 1.807) is 18.2 Å². The molecule has 0 saturated heterocycles. The number of rotatable bonds is 1. The largest absolute Gasteiger partial charge is 0.871 e. The number of phenolic OH excluding ortho intramolecular Hbond substituents is 1. The number of carboxylic acid groups (broad SMARTS) is 1. The molecule has 15 heavy (non-hydrogen) atoms. The van der Waals surface area contributed by atoms with Gasteiger partial charge in [-0.25, -0.2) is 4.79 Å². The highest BCUT2D eigenvalue weighted by Gasteiger charge is 2.09. The Kier molecular flexibility index (Phi) is 1.97. The average Bonchev–Trinajstić information content (AvgIpc) is 2.23. The number of carboxylic acids is 1. The molecule has 0 saturated carbocycles. The summed E-state index contributed by atoms with van der Waals surface area (Å²) in [5.74, 6) is -2.10. The molecule has 4 nitrogen and oxygen atoms in total. The number of aromatic carboxylic acids is 1. The first-order chi connectivity index (χ1) is 7.11. The van der Waals surface area contributed by atoms with Crippen molar-refractivity contribution in [2.24, 2.45) is 0 Å². The fourth-order valence-corrected chi connectivity index (χ4v) is 1.49. The quantitative estimate of drug-likeness (QED) is 0.732. The summed E-state index contributed by atoms with van der Waals surface area (Å²) in [6, 6.07) is 7.32. The minimum Gasteiger partial charge on any atom is -0.871 e. The molecule has 2 aromatic carbocycles. The lowest BCUT2D eigenvalue weighted by atomic mass is 10.0. The van der Waals surface area contributed by atoms with Gasteiger partial charge in [0, 0.05) is 5.39 Å². The molecular weight excluding hydrogens is 196 g/mol. The Morgan fingerprint density at radius 2 is 1.80 bits per heavy atom. The predicted octanol–water partition coefficient (Wildman–Crippen LogP) is 1.32.